The van der Waals surface area contributed by atoms with Crippen LogP contribution in [0, 0.1) is 0 Å². The summed E-state index contributed by atoms with van der Waals surface area (Å²) < 4.78 is 0. The number of hydrogen-bond acceptors (Lipinski definition) is 2. The summed E-state index contributed by atoms with van der Waals surface area (Å²) in [6, 6.07) is 0. The van der Waals surface area contributed by atoms with Crippen LogP contribution >= 0.6 is 0 Å². The maximum atomic E-state index is 10.3. The molecule has 0 heterocycles. The smallest absolute Gasteiger partial charge is 0.303 e. The van der Waals surface area contributed by atoms with Gasteiger partial charge in [-0.05, 0) is 32.4 Å². The first-order chi connectivity index (χ1) is 9.27. The molecule has 2 N–H and O–H groups in total. The first kappa shape index (κ1) is 18.4. The number of unbranched alkanes of at least 4 members (excludes halogenated alkanes) is 9. The minimum atomic E-state index is -0.659. The van der Waals surface area contributed by atoms with E-state index in [0.717, 1.165) is 19.4 Å². The highest BCUT2D eigenvalue weighted by atomic mass is 16.4. The van der Waals surface area contributed by atoms with E-state index in [1.165, 1.54) is 64.3 Å². The van der Waals surface area contributed by atoms with Gasteiger partial charge in [0.25, 0.3) is 0 Å². The molecule has 0 aromatic carbocycles. The molecule has 0 aliphatic heterocycles. The van der Waals surface area contributed by atoms with Crippen LogP contribution in [0.4, 0.5) is 0 Å². The first-order valence-corrected chi connectivity index (χ1v) is 8.20. The lowest BCUT2D eigenvalue weighted by molar-refractivity contribution is -0.137. The van der Waals surface area contributed by atoms with Crippen molar-refractivity contribution in [2.24, 2.45) is 0 Å². The molecule has 0 spiro atoms. The van der Waals surface area contributed by atoms with Crippen LogP contribution in [0.5, 0.6) is 0 Å². The quantitative estimate of drug-likeness (QED) is 0.435. The van der Waals surface area contributed by atoms with Gasteiger partial charge in [-0.1, -0.05) is 58.3 Å². The monoisotopic (exact) mass is 271 g/mol. The SMILES string of the molecule is CCCNCCCCCCCCCCCCC(=O)O. The zero-order chi connectivity index (χ0) is 14.2. The fourth-order valence-corrected chi connectivity index (χ4v) is 2.24. The van der Waals surface area contributed by atoms with E-state index < -0.39 is 5.97 Å². The first-order valence-electron chi connectivity index (χ1n) is 8.20. The Labute approximate surface area is 119 Å². The van der Waals surface area contributed by atoms with Crippen LogP contribution in [0.3, 0.4) is 0 Å². The van der Waals surface area contributed by atoms with Crippen molar-refractivity contribution < 1.29 is 9.90 Å². The second-order valence-corrected chi connectivity index (χ2v) is 5.43. The highest BCUT2D eigenvalue weighted by molar-refractivity contribution is 5.66. The zero-order valence-electron chi connectivity index (χ0n) is 12.8. The Morgan fingerprint density at radius 2 is 1.26 bits per heavy atom. The third kappa shape index (κ3) is 17.4. The molecule has 0 aromatic rings. The van der Waals surface area contributed by atoms with E-state index in [2.05, 4.69) is 12.2 Å². The molecule has 0 saturated carbocycles. The molecule has 0 atom stereocenters. The Kier molecular flexibility index (Phi) is 15.0. The molecule has 3 heteroatoms. The summed E-state index contributed by atoms with van der Waals surface area (Å²) in [5, 5.41) is 11.9. The van der Waals surface area contributed by atoms with E-state index in [1.54, 1.807) is 0 Å². The topological polar surface area (TPSA) is 49.3 Å². The number of rotatable bonds is 15. The van der Waals surface area contributed by atoms with Crippen molar-refractivity contribution in [1.82, 2.24) is 5.32 Å². The summed E-state index contributed by atoms with van der Waals surface area (Å²) in [7, 11) is 0. The summed E-state index contributed by atoms with van der Waals surface area (Å²) in [5.41, 5.74) is 0. The molecular weight excluding hydrogens is 238 g/mol. The van der Waals surface area contributed by atoms with Crippen LogP contribution in [-0.2, 0) is 4.79 Å². The summed E-state index contributed by atoms with van der Waals surface area (Å²) in [4.78, 5) is 10.3. The van der Waals surface area contributed by atoms with Gasteiger partial charge in [-0.25, -0.2) is 0 Å². The fraction of sp³-hybridized carbons (Fsp3) is 0.938. The van der Waals surface area contributed by atoms with Crippen molar-refractivity contribution >= 4 is 5.97 Å². The van der Waals surface area contributed by atoms with Gasteiger partial charge in [0.15, 0.2) is 0 Å². The molecule has 19 heavy (non-hydrogen) atoms. The van der Waals surface area contributed by atoms with Gasteiger partial charge in [-0.3, -0.25) is 4.79 Å². The van der Waals surface area contributed by atoms with Gasteiger partial charge in [-0.2, -0.15) is 0 Å². The zero-order valence-corrected chi connectivity index (χ0v) is 12.8. The molecule has 0 fully saturated rings. The Bertz CT molecular complexity index is 195. The Morgan fingerprint density at radius 1 is 0.789 bits per heavy atom. The third-order valence-corrected chi connectivity index (χ3v) is 3.42. The number of hydrogen-bond donors (Lipinski definition) is 2. The van der Waals surface area contributed by atoms with Crippen molar-refractivity contribution in [1.29, 1.82) is 0 Å². The third-order valence-electron chi connectivity index (χ3n) is 3.42. The van der Waals surface area contributed by atoms with Crippen LogP contribution < -0.4 is 5.32 Å². The standard InChI is InChI=1S/C16H33NO2/c1-2-14-17-15-12-10-8-6-4-3-5-7-9-11-13-16(18)19/h17H,2-15H2,1H3,(H,18,19). The average Bonchev–Trinajstić information content (AvgIpc) is 2.39. The highest BCUT2D eigenvalue weighted by Crippen LogP contribution is 2.11. The van der Waals surface area contributed by atoms with Gasteiger partial charge >= 0.3 is 5.97 Å². The van der Waals surface area contributed by atoms with Crippen molar-refractivity contribution in [3.8, 4) is 0 Å². The predicted molar refractivity (Wildman–Crippen MR) is 81.6 cm³/mol. The van der Waals surface area contributed by atoms with Gasteiger partial charge in [0.05, 0.1) is 0 Å². The summed E-state index contributed by atoms with van der Waals surface area (Å²) in [6.45, 7) is 4.54. The van der Waals surface area contributed by atoms with Crippen LogP contribution in [0.1, 0.15) is 84.0 Å². The van der Waals surface area contributed by atoms with Crippen molar-refractivity contribution in [2.75, 3.05) is 13.1 Å². The number of nitrogens with one attached hydrogen (secondary N) is 1. The molecule has 0 unspecified atom stereocenters. The van der Waals surface area contributed by atoms with E-state index >= 15 is 0 Å². The number of aliphatic carboxylic acids is 1. The lowest BCUT2D eigenvalue weighted by atomic mass is 10.1. The van der Waals surface area contributed by atoms with Crippen LogP contribution in [-0.4, -0.2) is 24.2 Å². The lowest BCUT2D eigenvalue weighted by Gasteiger charge is -2.03. The largest absolute Gasteiger partial charge is 0.481 e. The summed E-state index contributed by atoms with van der Waals surface area (Å²) in [6.07, 6.45) is 14.0. The minimum Gasteiger partial charge on any atom is -0.481 e. The average molecular weight is 271 g/mol. The lowest BCUT2D eigenvalue weighted by Crippen LogP contribution is -2.15. The van der Waals surface area contributed by atoms with Gasteiger partial charge in [0, 0.05) is 6.42 Å². The van der Waals surface area contributed by atoms with E-state index in [1.807, 2.05) is 0 Å². The molecule has 3 nitrogen and oxygen atoms in total. The predicted octanol–water partition coefficient (Wildman–Crippen LogP) is 4.36. The molecule has 0 rings (SSSR count). The summed E-state index contributed by atoms with van der Waals surface area (Å²) in [5.74, 6) is -0.659. The molecule has 0 amide bonds. The molecule has 0 aliphatic carbocycles. The highest BCUT2D eigenvalue weighted by Gasteiger charge is 1.96. The van der Waals surface area contributed by atoms with Crippen LogP contribution in [0.2, 0.25) is 0 Å². The van der Waals surface area contributed by atoms with Crippen LogP contribution in [0.25, 0.3) is 0 Å². The second-order valence-electron chi connectivity index (χ2n) is 5.43. The second kappa shape index (κ2) is 15.5. The number of carboxylic acids is 1. The minimum absolute atomic E-state index is 0.339. The molecule has 0 bridgehead atoms. The molecule has 0 aromatic heterocycles. The van der Waals surface area contributed by atoms with Gasteiger partial charge in [0.2, 0.25) is 0 Å². The maximum Gasteiger partial charge on any atom is 0.303 e. The maximum absolute atomic E-state index is 10.3. The molecular formula is C16H33NO2. The van der Waals surface area contributed by atoms with Crippen molar-refractivity contribution in [3.63, 3.8) is 0 Å². The Hall–Kier alpha value is -0.570. The van der Waals surface area contributed by atoms with E-state index in [4.69, 9.17) is 5.11 Å². The Morgan fingerprint density at radius 3 is 1.74 bits per heavy atom. The van der Waals surface area contributed by atoms with Crippen molar-refractivity contribution in [3.05, 3.63) is 0 Å². The van der Waals surface area contributed by atoms with Gasteiger partial charge < -0.3 is 10.4 Å². The van der Waals surface area contributed by atoms with Gasteiger partial charge in [0.1, 0.15) is 0 Å². The molecule has 114 valence electrons. The van der Waals surface area contributed by atoms with E-state index in [0.29, 0.717) is 6.42 Å². The molecule has 0 aliphatic rings. The fourth-order valence-electron chi connectivity index (χ4n) is 2.24. The van der Waals surface area contributed by atoms with Crippen LogP contribution in [0.15, 0.2) is 0 Å². The number of carbonyl (C=O) groups is 1. The normalized spacial score (nSPS) is 10.8. The number of carboxylic acid groups (broad SMARTS) is 1. The molecule has 0 saturated heterocycles. The van der Waals surface area contributed by atoms with E-state index in [-0.39, 0.29) is 0 Å². The van der Waals surface area contributed by atoms with Crippen molar-refractivity contribution in [2.45, 2.75) is 84.0 Å². The van der Waals surface area contributed by atoms with Gasteiger partial charge in [-0.15, -0.1) is 0 Å². The molecule has 0 radical (unpaired) electrons. The summed E-state index contributed by atoms with van der Waals surface area (Å²) >= 11 is 0. The Balaban J connectivity index is 2.93. The van der Waals surface area contributed by atoms with E-state index in [9.17, 15) is 4.79 Å².